The summed E-state index contributed by atoms with van der Waals surface area (Å²) in [6.45, 7) is 2.68. The van der Waals surface area contributed by atoms with Gasteiger partial charge in [-0.2, -0.15) is 0 Å². The maximum atomic E-state index is 12.7. The molecule has 1 saturated heterocycles. The number of thioether (sulfide) groups is 1. The Morgan fingerprint density at radius 1 is 0.933 bits per heavy atom. The molecule has 0 unspecified atom stereocenters. The number of ether oxygens (including phenoxy) is 4. The minimum atomic E-state index is -0.345. The minimum absolute atomic E-state index is 0.146. The summed E-state index contributed by atoms with van der Waals surface area (Å²) in [5.74, 6) is 2.00. The second kappa shape index (κ2) is 10.1. The van der Waals surface area contributed by atoms with E-state index in [1.807, 2.05) is 19.1 Å². The van der Waals surface area contributed by atoms with E-state index in [-0.39, 0.29) is 24.3 Å². The molecule has 2 aromatic rings. The van der Waals surface area contributed by atoms with Gasteiger partial charge in [0.1, 0.15) is 6.61 Å². The van der Waals surface area contributed by atoms with Crippen LogP contribution in [-0.4, -0.2) is 50.0 Å². The summed E-state index contributed by atoms with van der Waals surface area (Å²) in [5.41, 5.74) is 0.745. The highest BCUT2D eigenvalue weighted by Gasteiger charge is 2.34. The number of hydrogen-bond acceptors (Lipinski definition) is 7. The Morgan fingerprint density at radius 2 is 1.63 bits per heavy atom. The molecule has 0 aromatic heterocycles. The zero-order chi connectivity index (χ0) is 21.5. The van der Waals surface area contributed by atoms with Crippen molar-refractivity contribution in [1.82, 2.24) is 4.90 Å². The molecule has 7 nitrogen and oxygen atoms in total. The molecule has 0 N–H and O–H groups in total. The molecule has 0 spiro atoms. The first-order valence-corrected chi connectivity index (χ1v) is 10.2. The summed E-state index contributed by atoms with van der Waals surface area (Å²) in [7, 11) is 3.12. The summed E-state index contributed by atoms with van der Waals surface area (Å²) in [6, 6.07) is 12.6. The lowest BCUT2D eigenvalue weighted by Crippen LogP contribution is -2.32. The van der Waals surface area contributed by atoms with Crippen LogP contribution in [0.25, 0.3) is 6.08 Å². The molecule has 1 heterocycles. The molecule has 2 aromatic carbocycles. The standard InChI is InChI=1S/C22H23NO6S/c1-4-28-19-13-15(9-10-17(19)27-3)14-20-21(24)23(22(25)30-20)11-12-29-18-8-6-5-7-16(18)26-2/h5-10,13-14H,4,11-12H2,1-3H3/b20-14-. The zero-order valence-electron chi connectivity index (χ0n) is 17.0. The van der Waals surface area contributed by atoms with Gasteiger partial charge in [0.05, 0.1) is 32.3 Å². The Kier molecular flexibility index (Phi) is 7.24. The Bertz CT molecular complexity index is 958. The largest absolute Gasteiger partial charge is 0.493 e. The van der Waals surface area contributed by atoms with Crippen molar-refractivity contribution in [2.45, 2.75) is 6.92 Å². The maximum Gasteiger partial charge on any atom is 0.293 e. The molecule has 1 aliphatic rings. The quantitative estimate of drug-likeness (QED) is 0.553. The fourth-order valence-electron chi connectivity index (χ4n) is 2.88. The van der Waals surface area contributed by atoms with Crippen LogP contribution in [-0.2, 0) is 4.79 Å². The summed E-state index contributed by atoms with van der Waals surface area (Å²) in [4.78, 5) is 26.6. The van der Waals surface area contributed by atoms with Crippen LogP contribution in [0.2, 0.25) is 0 Å². The molecular formula is C22H23NO6S. The Labute approximate surface area is 179 Å². The summed E-state index contributed by atoms with van der Waals surface area (Å²) in [6.07, 6.45) is 1.67. The van der Waals surface area contributed by atoms with E-state index < -0.39 is 0 Å². The lowest BCUT2D eigenvalue weighted by molar-refractivity contribution is -0.123. The first-order chi connectivity index (χ1) is 14.6. The van der Waals surface area contributed by atoms with E-state index in [2.05, 4.69) is 0 Å². The van der Waals surface area contributed by atoms with Crippen molar-refractivity contribution in [1.29, 1.82) is 0 Å². The van der Waals surface area contributed by atoms with E-state index in [9.17, 15) is 9.59 Å². The summed E-state index contributed by atoms with van der Waals surface area (Å²) in [5, 5.41) is -0.326. The first kappa shape index (κ1) is 21.6. The second-order valence-electron chi connectivity index (χ2n) is 6.18. The SMILES string of the molecule is CCOc1cc(/C=C2\SC(=O)N(CCOc3ccccc3OC)C2=O)ccc1OC. The number of para-hydroxylation sites is 2. The molecule has 2 amide bonds. The van der Waals surface area contributed by atoms with Gasteiger partial charge in [-0.1, -0.05) is 18.2 Å². The average Bonchev–Trinajstić information content (AvgIpc) is 3.02. The number of hydrogen-bond donors (Lipinski definition) is 0. The lowest BCUT2D eigenvalue weighted by atomic mass is 10.2. The summed E-state index contributed by atoms with van der Waals surface area (Å²) < 4.78 is 21.7. The van der Waals surface area contributed by atoms with Crippen molar-refractivity contribution < 1.29 is 28.5 Å². The molecule has 1 fully saturated rings. The van der Waals surface area contributed by atoms with Crippen LogP contribution in [0.5, 0.6) is 23.0 Å². The molecular weight excluding hydrogens is 406 g/mol. The van der Waals surface area contributed by atoms with Gasteiger partial charge in [-0.05, 0) is 54.6 Å². The topological polar surface area (TPSA) is 74.3 Å². The van der Waals surface area contributed by atoms with Crippen molar-refractivity contribution >= 4 is 29.0 Å². The van der Waals surface area contributed by atoms with Gasteiger partial charge in [0.25, 0.3) is 11.1 Å². The predicted molar refractivity (Wildman–Crippen MR) is 115 cm³/mol. The van der Waals surface area contributed by atoms with Crippen LogP contribution >= 0.6 is 11.8 Å². The van der Waals surface area contributed by atoms with Gasteiger partial charge in [-0.25, -0.2) is 0 Å². The average molecular weight is 429 g/mol. The van der Waals surface area contributed by atoms with Gasteiger partial charge in [-0.15, -0.1) is 0 Å². The highest BCUT2D eigenvalue weighted by atomic mass is 32.2. The zero-order valence-corrected chi connectivity index (χ0v) is 17.9. The van der Waals surface area contributed by atoms with Crippen molar-refractivity contribution in [3.8, 4) is 23.0 Å². The number of rotatable bonds is 9. The van der Waals surface area contributed by atoms with E-state index in [1.54, 1.807) is 50.6 Å². The third-order valence-corrected chi connectivity index (χ3v) is 5.21. The maximum absolute atomic E-state index is 12.7. The highest BCUT2D eigenvalue weighted by molar-refractivity contribution is 8.18. The molecule has 158 valence electrons. The molecule has 3 rings (SSSR count). The van der Waals surface area contributed by atoms with Crippen LogP contribution in [0.3, 0.4) is 0 Å². The predicted octanol–water partition coefficient (Wildman–Crippen LogP) is 4.22. The number of carbonyl (C=O) groups excluding carboxylic acids is 2. The number of methoxy groups -OCH3 is 2. The van der Waals surface area contributed by atoms with E-state index in [4.69, 9.17) is 18.9 Å². The van der Waals surface area contributed by atoms with Crippen LogP contribution in [0.15, 0.2) is 47.4 Å². The van der Waals surface area contributed by atoms with Crippen LogP contribution in [0.1, 0.15) is 12.5 Å². The van der Waals surface area contributed by atoms with Crippen LogP contribution in [0.4, 0.5) is 4.79 Å². The normalized spacial score (nSPS) is 14.9. The Balaban J connectivity index is 1.67. The Hall–Kier alpha value is -3.13. The molecule has 0 saturated carbocycles. The van der Waals surface area contributed by atoms with E-state index in [1.165, 1.54) is 4.90 Å². The van der Waals surface area contributed by atoms with Crippen LogP contribution < -0.4 is 18.9 Å². The first-order valence-electron chi connectivity index (χ1n) is 9.39. The minimum Gasteiger partial charge on any atom is -0.493 e. The van der Waals surface area contributed by atoms with Crippen molar-refractivity contribution in [2.24, 2.45) is 0 Å². The fourth-order valence-corrected chi connectivity index (χ4v) is 3.75. The second-order valence-corrected chi connectivity index (χ2v) is 7.17. The fraction of sp³-hybridized carbons (Fsp3) is 0.273. The van der Waals surface area contributed by atoms with Crippen molar-refractivity contribution in [2.75, 3.05) is 34.0 Å². The molecule has 0 atom stereocenters. The number of nitrogens with zero attached hydrogens (tertiary/aromatic N) is 1. The van der Waals surface area contributed by atoms with Gasteiger partial charge in [-0.3, -0.25) is 14.5 Å². The number of carbonyl (C=O) groups is 2. The third kappa shape index (κ3) is 4.88. The smallest absolute Gasteiger partial charge is 0.293 e. The monoisotopic (exact) mass is 429 g/mol. The van der Waals surface area contributed by atoms with E-state index in [0.29, 0.717) is 34.5 Å². The van der Waals surface area contributed by atoms with Crippen molar-refractivity contribution in [3.05, 3.63) is 52.9 Å². The van der Waals surface area contributed by atoms with Crippen LogP contribution in [0, 0.1) is 0 Å². The van der Waals surface area contributed by atoms with Gasteiger partial charge in [0.2, 0.25) is 0 Å². The molecule has 0 radical (unpaired) electrons. The van der Waals surface area contributed by atoms with Gasteiger partial charge < -0.3 is 18.9 Å². The number of amides is 2. The van der Waals surface area contributed by atoms with Crippen molar-refractivity contribution in [3.63, 3.8) is 0 Å². The highest BCUT2D eigenvalue weighted by Crippen LogP contribution is 2.34. The third-order valence-electron chi connectivity index (χ3n) is 4.30. The molecule has 0 aliphatic carbocycles. The van der Waals surface area contributed by atoms with Gasteiger partial charge in [0.15, 0.2) is 23.0 Å². The van der Waals surface area contributed by atoms with Gasteiger partial charge in [0, 0.05) is 0 Å². The van der Waals surface area contributed by atoms with E-state index >= 15 is 0 Å². The molecule has 8 heteroatoms. The number of benzene rings is 2. The summed E-state index contributed by atoms with van der Waals surface area (Å²) >= 11 is 0.906. The number of imide groups is 1. The molecule has 1 aliphatic heterocycles. The van der Waals surface area contributed by atoms with Gasteiger partial charge >= 0.3 is 0 Å². The van der Waals surface area contributed by atoms with E-state index in [0.717, 1.165) is 17.3 Å². The molecule has 30 heavy (non-hydrogen) atoms. The lowest BCUT2D eigenvalue weighted by Gasteiger charge is -2.14. The molecule has 0 bridgehead atoms. The Morgan fingerprint density at radius 3 is 2.33 bits per heavy atom.